The van der Waals surface area contributed by atoms with Gasteiger partial charge in [0.1, 0.15) is 5.75 Å². The van der Waals surface area contributed by atoms with E-state index in [-0.39, 0.29) is 24.1 Å². The lowest BCUT2D eigenvalue weighted by atomic mass is 10.1. The Kier molecular flexibility index (Phi) is 5.47. The predicted octanol–water partition coefficient (Wildman–Crippen LogP) is 4.10. The van der Waals surface area contributed by atoms with E-state index in [9.17, 15) is 13.2 Å². The fourth-order valence-corrected chi connectivity index (χ4v) is 2.63. The van der Waals surface area contributed by atoms with Crippen molar-refractivity contribution in [1.82, 2.24) is 4.90 Å². The van der Waals surface area contributed by atoms with Gasteiger partial charge < -0.3 is 15.4 Å². The summed E-state index contributed by atoms with van der Waals surface area (Å²) in [6.45, 7) is 0.848. The number of guanidine groups is 1. The molecule has 0 saturated heterocycles. The second kappa shape index (κ2) is 7.23. The third kappa shape index (κ3) is 3.99. The summed E-state index contributed by atoms with van der Waals surface area (Å²) in [5, 5.41) is 0. The monoisotopic (exact) mass is 371 g/mol. The number of rotatable bonds is 3. The zero-order valence-corrected chi connectivity index (χ0v) is 14.2. The van der Waals surface area contributed by atoms with Crippen molar-refractivity contribution in [3.63, 3.8) is 0 Å². The van der Waals surface area contributed by atoms with Crippen molar-refractivity contribution < 1.29 is 17.9 Å². The number of ether oxygens (including phenoxy) is 1. The summed E-state index contributed by atoms with van der Waals surface area (Å²) in [5.74, 6) is 0.913. The van der Waals surface area contributed by atoms with Gasteiger partial charge in [-0.05, 0) is 23.8 Å². The quantitative estimate of drug-likeness (QED) is 0.883. The topological polar surface area (TPSA) is 50.8 Å². The lowest BCUT2D eigenvalue weighted by Crippen LogP contribution is -2.38. The molecule has 1 aliphatic rings. The summed E-state index contributed by atoms with van der Waals surface area (Å²) in [6.07, 6.45) is -4.39. The number of nitrogens with two attached hydrogens (primary N) is 1. The van der Waals surface area contributed by atoms with Gasteiger partial charge in [0.15, 0.2) is 5.96 Å². The Bertz CT molecular complexity index is 793. The Morgan fingerprint density at radius 3 is 2.60 bits per heavy atom. The Morgan fingerprint density at radius 1 is 1.20 bits per heavy atom. The Morgan fingerprint density at radius 2 is 1.92 bits per heavy atom. The number of aliphatic imine (C=N–C) groups is 1. The maximum Gasteiger partial charge on any atom is 0.416 e. The van der Waals surface area contributed by atoms with Crippen LogP contribution in [0.2, 0.25) is 0 Å². The highest BCUT2D eigenvalue weighted by atomic mass is 35.5. The van der Waals surface area contributed by atoms with Gasteiger partial charge in [-0.2, -0.15) is 13.2 Å². The number of hydrogen-bond acceptors (Lipinski definition) is 4. The molecule has 0 radical (unpaired) electrons. The summed E-state index contributed by atoms with van der Waals surface area (Å²) in [7, 11) is 1.58. The van der Waals surface area contributed by atoms with Gasteiger partial charge in [-0.1, -0.05) is 24.3 Å². The van der Waals surface area contributed by atoms with Gasteiger partial charge in [-0.3, -0.25) is 0 Å². The van der Waals surface area contributed by atoms with Gasteiger partial charge in [0.25, 0.3) is 0 Å². The van der Waals surface area contributed by atoms with E-state index >= 15 is 0 Å². The first-order valence-corrected chi connectivity index (χ1v) is 7.29. The highest BCUT2D eigenvalue weighted by molar-refractivity contribution is 5.85. The highest BCUT2D eigenvalue weighted by Crippen LogP contribution is 2.35. The van der Waals surface area contributed by atoms with E-state index in [1.54, 1.807) is 12.0 Å². The van der Waals surface area contributed by atoms with Gasteiger partial charge in [0.2, 0.25) is 0 Å². The van der Waals surface area contributed by atoms with Gasteiger partial charge in [0.05, 0.1) is 18.4 Å². The van der Waals surface area contributed by atoms with E-state index in [0.29, 0.717) is 18.7 Å². The second-order valence-electron chi connectivity index (χ2n) is 5.48. The SMILES string of the molecule is COc1ccccc1CN1Cc2ccc(C(F)(F)F)cc2N=C1N.Cl. The van der Waals surface area contributed by atoms with Crippen LogP contribution in [0.4, 0.5) is 18.9 Å². The van der Waals surface area contributed by atoms with Crippen molar-refractivity contribution >= 4 is 24.1 Å². The molecule has 25 heavy (non-hydrogen) atoms. The van der Waals surface area contributed by atoms with Crippen molar-refractivity contribution in [1.29, 1.82) is 0 Å². The van der Waals surface area contributed by atoms with Crippen LogP contribution in [0.25, 0.3) is 0 Å². The predicted molar refractivity (Wildman–Crippen MR) is 92.2 cm³/mol. The fourth-order valence-electron chi connectivity index (χ4n) is 2.63. The normalized spacial score (nSPS) is 13.6. The van der Waals surface area contributed by atoms with E-state index in [1.165, 1.54) is 6.07 Å². The van der Waals surface area contributed by atoms with Crippen LogP contribution in [-0.4, -0.2) is 18.0 Å². The number of nitrogens with zero attached hydrogens (tertiary/aromatic N) is 2. The van der Waals surface area contributed by atoms with Crippen LogP contribution >= 0.6 is 12.4 Å². The van der Waals surface area contributed by atoms with Crippen LogP contribution in [-0.2, 0) is 19.3 Å². The molecule has 0 saturated carbocycles. The van der Waals surface area contributed by atoms with Crippen LogP contribution in [0.5, 0.6) is 5.75 Å². The van der Waals surface area contributed by atoms with Crippen LogP contribution in [0.3, 0.4) is 0 Å². The molecular formula is C17H17ClF3N3O. The molecule has 3 rings (SSSR count). The van der Waals surface area contributed by atoms with Gasteiger partial charge in [0, 0.05) is 18.7 Å². The van der Waals surface area contributed by atoms with Gasteiger partial charge in [-0.25, -0.2) is 4.99 Å². The number of alkyl halides is 3. The molecule has 4 nitrogen and oxygen atoms in total. The summed E-state index contributed by atoms with van der Waals surface area (Å²) in [4.78, 5) is 5.93. The van der Waals surface area contributed by atoms with E-state index in [4.69, 9.17) is 10.5 Å². The molecule has 0 spiro atoms. The molecule has 1 heterocycles. The number of methoxy groups -OCH3 is 1. The molecule has 0 unspecified atom stereocenters. The molecule has 2 N–H and O–H groups in total. The highest BCUT2D eigenvalue weighted by Gasteiger charge is 2.32. The fraction of sp³-hybridized carbons (Fsp3) is 0.235. The first kappa shape index (κ1) is 18.9. The molecule has 2 aromatic carbocycles. The second-order valence-corrected chi connectivity index (χ2v) is 5.48. The number of para-hydroxylation sites is 1. The standard InChI is InChI=1S/C17H16F3N3O.ClH/c1-24-15-5-3-2-4-12(15)10-23-9-11-6-7-13(17(18,19)20)8-14(11)22-16(23)21;/h2-8H,9-10H2,1H3,(H2,21,22);1H. The van der Waals surface area contributed by atoms with E-state index < -0.39 is 11.7 Å². The molecule has 0 fully saturated rings. The maximum absolute atomic E-state index is 12.8. The summed E-state index contributed by atoms with van der Waals surface area (Å²) >= 11 is 0. The molecule has 0 atom stereocenters. The zero-order valence-electron chi connectivity index (χ0n) is 13.4. The van der Waals surface area contributed by atoms with Gasteiger partial charge >= 0.3 is 6.18 Å². The van der Waals surface area contributed by atoms with Crippen molar-refractivity contribution in [2.24, 2.45) is 10.7 Å². The third-order valence-corrected chi connectivity index (χ3v) is 3.89. The summed E-state index contributed by atoms with van der Waals surface area (Å²) in [5.41, 5.74) is 7.11. The smallest absolute Gasteiger partial charge is 0.416 e. The van der Waals surface area contributed by atoms with E-state index in [2.05, 4.69) is 4.99 Å². The van der Waals surface area contributed by atoms with Crippen molar-refractivity contribution in [2.75, 3.05) is 7.11 Å². The largest absolute Gasteiger partial charge is 0.496 e. The average Bonchev–Trinajstić information content (AvgIpc) is 2.54. The van der Waals surface area contributed by atoms with E-state index in [1.807, 2.05) is 24.3 Å². The molecule has 2 aromatic rings. The molecular weight excluding hydrogens is 355 g/mol. The molecule has 0 aromatic heterocycles. The van der Waals surface area contributed by atoms with Crippen molar-refractivity contribution in [3.05, 3.63) is 59.2 Å². The first-order valence-electron chi connectivity index (χ1n) is 7.29. The Labute approximate surface area is 149 Å². The molecule has 0 bridgehead atoms. The number of hydrogen-bond donors (Lipinski definition) is 1. The molecule has 1 aliphatic heterocycles. The van der Waals surface area contributed by atoms with E-state index in [0.717, 1.165) is 23.4 Å². The molecule has 0 amide bonds. The maximum atomic E-state index is 12.8. The minimum absolute atomic E-state index is 0. The molecule has 8 heteroatoms. The molecule has 134 valence electrons. The van der Waals surface area contributed by atoms with Crippen LogP contribution in [0.15, 0.2) is 47.5 Å². The average molecular weight is 372 g/mol. The Balaban J connectivity index is 0.00000225. The Hall–Kier alpha value is -2.41. The van der Waals surface area contributed by atoms with Crippen LogP contribution in [0, 0.1) is 0 Å². The van der Waals surface area contributed by atoms with Crippen LogP contribution in [0.1, 0.15) is 16.7 Å². The molecule has 0 aliphatic carbocycles. The number of benzene rings is 2. The lowest BCUT2D eigenvalue weighted by Gasteiger charge is -2.29. The lowest BCUT2D eigenvalue weighted by molar-refractivity contribution is -0.137. The summed E-state index contributed by atoms with van der Waals surface area (Å²) < 4.78 is 43.7. The van der Waals surface area contributed by atoms with Gasteiger partial charge in [-0.15, -0.1) is 12.4 Å². The number of halogens is 4. The van der Waals surface area contributed by atoms with Crippen LogP contribution < -0.4 is 10.5 Å². The van der Waals surface area contributed by atoms with Crippen molar-refractivity contribution in [3.8, 4) is 5.75 Å². The third-order valence-electron chi connectivity index (χ3n) is 3.89. The first-order chi connectivity index (χ1) is 11.4. The van der Waals surface area contributed by atoms with Crippen molar-refractivity contribution in [2.45, 2.75) is 19.3 Å². The summed E-state index contributed by atoms with van der Waals surface area (Å²) in [6, 6.07) is 11.1. The number of fused-ring (bicyclic) bond motifs is 1. The minimum Gasteiger partial charge on any atom is -0.496 e. The zero-order chi connectivity index (χ0) is 17.3. The minimum atomic E-state index is -4.39.